The van der Waals surface area contributed by atoms with E-state index in [1.165, 1.54) is 6.07 Å². The van der Waals surface area contributed by atoms with Crippen molar-refractivity contribution in [3.05, 3.63) is 89.8 Å². The number of amides is 1. The van der Waals surface area contributed by atoms with Gasteiger partial charge in [-0.05, 0) is 36.8 Å². The van der Waals surface area contributed by atoms with E-state index in [-0.39, 0.29) is 24.1 Å². The molecule has 0 aliphatic rings. The van der Waals surface area contributed by atoms with E-state index in [2.05, 4.69) is 5.32 Å². The first kappa shape index (κ1) is 16.9. The van der Waals surface area contributed by atoms with Gasteiger partial charge in [0.25, 0.3) is 0 Å². The zero-order valence-corrected chi connectivity index (χ0v) is 13.7. The lowest BCUT2D eigenvalue weighted by Gasteiger charge is -2.20. The minimum absolute atomic E-state index is 0.0260. The van der Waals surface area contributed by atoms with Gasteiger partial charge >= 0.3 is 0 Å². The second-order valence-corrected chi connectivity index (χ2v) is 5.94. The zero-order valence-electron chi connectivity index (χ0n) is 13.7. The lowest BCUT2D eigenvalue weighted by atomic mass is 10.0. The van der Waals surface area contributed by atoms with Crippen molar-refractivity contribution < 1.29 is 13.6 Å². The molecule has 0 aliphatic heterocycles. The van der Waals surface area contributed by atoms with Crippen LogP contribution in [0.2, 0.25) is 0 Å². The average molecular weight is 340 g/mol. The summed E-state index contributed by atoms with van der Waals surface area (Å²) in [6.45, 7) is 1.99. The number of benzene rings is 2. The van der Waals surface area contributed by atoms with Gasteiger partial charge in [-0.15, -0.1) is 0 Å². The molecule has 0 bridgehead atoms. The first-order valence-corrected chi connectivity index (χ1v) is 7.97. The molecule has 0 saturated heterocycles. The van der Waals surface area contributed by atoms with Crippen molar-refractivity contribution in [2.75, 3.05) is 5.32 Å². The van der Waals surface area contributed by atoms with Crippen molar-refractivity contribution in [3.63, 3.8) is 0 Å². The van der Waals surface area contributed by atoms with Crippen molar-refractivity contribution >= 4 is 11.6 Å². The smallest absolute Gasteiger partial charge is 0.226 e. The minimum atomic E-state index is -0.790. The van der Waals surface area contributed by atoms with Crippen LogP contribution in [-0.2, 0) is 4.79 Å². The molecule has 2 aromatic carbocycles. The molecule has 0 spiro atoms. The molecule has 25 heavy (non-hydrogen) atoms. The van der Waals surface area contributed by atoms with Crippen molar-refractivity contribution in [2.24, 2.45) is 0 Å². The Kier molecular flexibility index (Phi) is 4.93. The third-order valence-corrected chi connectivity index (χ3v) is 4.00. The van der Waals surface area contributed by atoms with Gasteiger partial charge in [0.2, 0.25) is 5.91 Å². The lowest BCUT2D eigenvalue weighted by molar-refractivity contribution is -0.116. The monoisotopic (exact) mass is 340 g/mol. The molecule has 1 unspecified atom stereocenters. The molecule has 5 heteroatoms. The van der Waals surface area contributed by atoms with E-state index in [9.17, 15) is 13.6 Å². The molecule has 1 N–H and O–H groups in total. The molecule has 1 aromatic heterocycles. The zero-order chi connectivity index (χ0) is 17.8. The van der Waals surface area contributed by atoms with Gasteiger partial charge in [-0.2, -0.15) is 0 Å². The molecule has 0 radical (unpaired) electrons. The summed E-state index contributed by atoms with van der Waals surface area (Å²) in [6.07, 6.45) is 3.91. The van der Waals surface area contributed by atoms with Crippen LogP contribution in [0.3, 0.4) is 0 Å². The molecule has 1 heterocycles. The van der Waals surface area contributed by atoms with Crippen LogP contribution < -0.4 is 5.32 Å². The molecule has 0 saturated carbocycles. The highest BCUT2D eigenvalue weighted by Gasteiger charge is 2.18. The van der Waals surface area contributed by atoms with Crippen LogP contribution in [0.25, 0.3) is 0 Å². The fourth-order valence-electron chi connectivity index (χ4n) is 2.80. The van der Waals surface area contributed by atoms with E-state index in [0.717, 1.165) is 23.3 Å². The number of carbonyl (C=O) groups excluding carboxylic acids is 1. The van der Waals surface area contributed by atoms with E-state index in [1.807, 2.05) is 60.3 Å². The number of aromatic nitrogens is 1. The van der Waals surface area contributed by atoms with Crippen LogP contribution in [0.5, 0.6) is 0 Å². The van der Waals surface area contributed by atoms with Gasteiger partial charge in [0, 0.05) is 18.5 Å². The summed E-state index contributed by atoms with van der Waals surface area (Å²) in [4.78, 5) is 12.4. The minimum Gasteiger partial charge on any atom is -0.346 e. The molecular formula is C20H18F2N2O. The SMILES string of the molecule is Cc1cccc(C(CC(=O)Nc2ccc(F)cc2F)n2cccc2)c1. The molecule has 3 rings (SSSR count). The van der Waals surface area contributed by atoms with E-state index < -0.39 is 11.6 Å². The van der Waals surface area contributed by atoms with Crippen LogP contribution in [0.15, 0.2) is 67.0 Å². The van der Waals surface area contributed by atoms with Gasteiger partial charge in [0.1, 0.15) is 11.6 Å². The van der Waals surface area contributed by atoms with Gasteiger partial charge in [0.05, 0.1) is 18.2 Å². The molecule has 1 amide bonds. The second kappa shape index (κ2) is 7.30. The van der Waals surface area contributed by atoms with Crippen LogP contribution in [-0.4, -0.2) is 10.5 Å². The molecular weight excluding hydrogens is 322 g/mol. The normalized spacial score (nSPS) is 12.0. The van der Waals surface area contributed by atoms with Gasteiger partial charge in [-0.25, -0.2) is 8.78 Å². The molecule has 3 aromatic rings. The van der Waals surface area contributed by atoms with Gasteiger partial charge in [-0.1, -0.05) is 29.8 Å². The largest absolute Gasteiger partial charge is 0.346 e. The number of hydrogen-bond donors (Lipinski definition) is 1. The summed E-state index contributed by atoms with van der Waals surface area (Å²) in [5.74, 6) is -1.81. The Morgan fingerprint density at radius 2 is 1.84 bits per heavy atom. The van der Waals surface area contributed by atoms with Crippen molar-refractivity contribution in [1.29, 1.82) is 0 Å². The van der Waals surface area contributed by atoms with Gasteiger partial charge < -0.3 is 9.88 Å². The standard InChI is InChI=1S/C20H18F2N2O/c1-14-5-4-6-15(11-14)19(24-9-2-3-10-24)13-20(25)23-18-8-7-16(21)12-17(18)22/h2-12,19H,13H2,1H3,(H,23,25). The first-order chi connectivity index (χ1) is 12.0. The van der Waals surface area contributed by atoms with Gasteiger partial charge in [-0.3, -0.25) is 4.79 Å². The average Bonchev–Trinajstić information content (AvgIpc) is 3.09. The van der Waals surface area contributed by atoms with Crippen LogP contribution >= 0.6 is 0 Å². The number of anilines is 1. The Balaban J connectivity index is 1.82. The number of nitrogens with zero attached hydrogens (tertiary/aromatic N) is 1. The number of carbonyl (C=O) groups is 1. The fourth-order valence-corrected chi connectivity index (χ4v) is 2.80. The fraction of sp³-hybridized carbons (Fsp3) is 0.150. The van der Waals surface area contributed by atoms with Crippen LogP contribution in [0.1, 0.15) is 23.6 Å². The third-order valence-electron chi connectivity index (χ3n) is 4.00. The summed E-state index contributed by atoms with van der Waals surface area (Å²) in [6, 6.07) is 14.6. The van der Waals surface area contributed by atoms with Crippen LogP contribution in [0, 0.1) is 18.6 Å². The Morgan fingerprint density at radius 3 is 2.52 bits per heavy atom. The first-order valence-electron chi connectivity index (χ1n) is 7.97. The van der Waals surface area contributed by atoms with Crippen molar-refractivity contribution in [3.8, 4) is 0 Å². The highest BCUT2D eigenvalue weighted by atomic mass is 19.1. The van der Waals surface area contributed by atoms with Gasteiger partial charge in [0.15, 0.2) is 0 Å². The maximum atomic E-state index is 13.7. The second-order valence-electron chi connectivity index (χ2n) is 5.94. The highest BCUT2D eigenvalue weighted by Crippen LogP contribution is 2.24. The molecule has 1 atom stereocenters. The summed E-state index contributed by atoms with van der Waals surface area (Å²) in [5.41, 5.74) is 2.06. The number of halogens is 2. The van der Waals surface area contributed by atoms with Crippen molar-refractivity contribution in [2.45, 2.75) is 19.4 Å². The third kappa shape index (κ3) is 4.12. The van der Waals surface area contributed by atoms with Crippen LogP contribution in [0.4, 0.5) is 14.5 Å². The summed E-state index contributed by atoms with van der Waals surface area (Å²) < 4.78 is 28.7. The molecule has 128 valence electrons. The topological polar surface area (TPSA) is 34.0 Å². The Hall–Kier alpha value is -2.95. The summed E-state index contributed by atoms with van der Waals surface area (Å²) in [7, 11) is 0. The van der Waals surface area contributed by atoms with E-state index in [4.69, 9.17) is 0 Å². The molecule has 3 nitrogen and oxygen atoms in total. The predicted octanol–water partition coefficient (Wildman–Crippen LogP) is 4.69. The van der Waals surface area contributed by atoms with E-state index in [1.54, 1.807) is 0 Å². The molecule has 0 fully saturated rings. The van der Waals surface area contributed by atoms with Crippen molar-refractivity contribution in [1.82, 2.24) is 4.57 Å². The highest BCUT2D eigenvalue weighted by molar-refractivity contribution is 5.91. The van der Waals surface area contributed by atoms with E-state index >= 15 is 0 Å². The van der Waals surface area contributed by atoms with E-state index in [0.29, 0.717) is 0 Å². The predicted molar refractivity (Wildman–Crippen MR) is 93.4 cm³/mol. The number of hydrogen-bond acceptors (Lipinski definition) is 1. The summed E-state index contributed by atoms with van der Waals surface area (Å²) in [5, 5.41) is 2.52. The summed E-state index contributed by atoms with van der Waals surface area (Å²) >= 11 is 0. The maximum Gasteiger partial charge on any atom is 0.226 e. The maximum absolute atomic E-state index is 13.7. The lowest BCUT2D eigenvalue weighted by Crippen LogP contribution is -2.20. The Bertz CT molecular complexity index is 875. The quantitative estimate of drug-likeness (QED) is 0.718. The number of rotatable bonds is 5. The Labute approximate surface area is 144 Å². The number of aryl methyl sites for hydroxylation is 1. The number of nitrogens with one attached hydrogen (secondary N) is 1. The molecule has 0 aliphatic carbocycles. The Morgan fingerprint density at radius 1 is 1.08 bits per heavy atom.